The second kappa shape index (κ2) is 5.45. The second-order valence-electron chi connectivity index (χ2n) is 4.30. The van der Waals surface area contributed by atoms with Crippen molar-refractivity contribution in [3.05, 3.63) is 65.3 Å². The predicted molar refractivity (Wildman–Crippen MR) is 77.7 cm³/mol. The maximum absolute atomic E-state index is 9.45. The highest BCUT2D eigenvalue weighted by Crippen LogP contribution is 2.25. The molecule has 0 aliphatic rings. The van der Waals surface area contributed by atoms with Crippen LogP contribution in [-0.4, -0.2) is 20.1 Å². The first kappa shape index (κ1) is 12.8. The molecule has 0 aliphatic heterocycles. The van der Waals surface area contributed by atoms with Crippen LogP contribution >= 0.6 is 11.6 Å². The average molecular weight is 286 g/mol. The molecule has 0 atom stereocenters. The van der Waals surface area contributed by atoms with Gasteiger partial charge >= 0.3 is 0 Å². The minimum absolute atomic E-state index is 0.155. The molecule has 0 bridgehead atoms. The zero-order valence-electron chi connectivity index (χ0n) is 10.6. The van der Waals surface area contributed by atoms with Crippen molar-refractivity contribution in [3.63, 3.8) is 0 Å². The molecule has 0 fully saturated rings. The lowest BCUT2D eigenvalue weighted by molar-refractivity contribution is 0.277. The molecule has 1 N–H and O–H groups in total. The number of aliphatic hydroxyl groups excluding tert-OH is 1. The number of halogens is 1. The van der Waals surface area contributed by atoms with Crippen molar-refractivity contribution in [1.29, 1.82) is 0 Å². The number of aromatic nitrogens is 3. The molecule has 0 spiro atoms. The Kier molecular flexibility index (Phi) is 3.50. The quantitative estimate of drug-likeness (QED) is 0.804. The Morgan fingerprint density at radius 2 is 1.70 bits per heavy atom. The van der Waals surface area contributed by atoms with E-state index in [1.165, 1.54) is 0 Å². The van der Waals surface area contributed by atoms with Crippen molar-refractivity contribution in [3.8, 4) is 16.9 Å². The van der Waals surface area contributed by atoms with Crippen LogP contribution in [0.1, 0.15) is 5.69 Å². The number of rotatable bonds is 3. The Bertz CT molecular complexity index is 708. The lowest BCUT2D eigenvalue weighted by Crippen LogP contribution is -2.00. The van der Waals surface area contributed by atoms with Gasteiger partial charge in [0.1, 0.15) is 11.4 Å². The van der Waals surface area contributed by atoms with E-state index in [1.807, 2.05) is 42.5 Å². The summed E-state index contributed by atoms with van der Waals surface area (Å²) in [6.07, 6.45) is 0. The van der Waals surface area contributed by atoms with Crippen molar-refractivity contribution in [2.75, 3.05) is 0 Å². The van der Waals surface area contributed by atoms with Gasteiger partial charge < -0.3 is 5.11 Å². The second-order valence-corrected chi connectivity index (χ2v) is 4.73. The van der Waals surface area contributed by atoms with E-state index >= 15 is 0 Å². The third kappa shape index (κ3) is 2.31. The highest BCUT2D eigenvalue weighted by molar-refractivity contribution is 6.30. The SMILES string of the molecule is OCc1nnn(-c2ccc(Cl)cc2)c1-c1ccccc1. The number of hydrogen-bond acceptors (Lipinski definition) is 3. The molecule has 1 aromatic heterocycles. The topological polar surface area (TPSA) is 50.9 Å². The van der Waals surface area contributed by atoms with Crippen LogP contribution in [0.2, 0.25) is 5.02 Å². The van der Waals surface area contributed by atoms with Crippen LogP contribution in [0.15, 0.2) is 54.6 Å². The third-order valence-electron chi connectivity index (χ3n) is 3.01. The zero-order valence-corrected chi connectivity index (χ0v) is 11.3. The van der Waals surface area contributed by atoms with Gasteiger partial charge in [-0.2, -0.15) is 0 Å². The molecule has 0 aliphatic carbocycles. The number of nitrogens with zero attached hydrogens (tertiary/aromatic N) is 3. The first-order valence-electron chi connectivity index (χ1n) is 6.16. The average Bonchev–Trinajstić information content (AvgIpc) is 2.93. The molecule has 0 unspecified atom stereocenters. The van der Waals surface area contributed by atoms with Gasteiger partial charge in [-0.3, -0.25) is 0 Å². The fraction of sp³-hybridized carbons (Fsp3) is 0.0667. The van der Waals surface area contributed by atoms with Gasteiger partial charge in [0.15, 0.2) is 0 Å². The molecule has 5 heteroatoms. The molecular weight excluding hydrogens is 274 g/mol. The minimum Gasteiger partial charge on any atom is -0.390 e. The third-order valence-corrected chi connectivity index (χ3v) is 3.26. The van der Waals surface area contributed by atoms with Gasteiger partial charge in [0.05, 0.1) is 12.3 Å². The van der Waals surface area contributed by atoms with E-state index in [2.05, 4.69) is 10.3 Å². The molecule has 1 heterocycles. The fourth-order valence-corrected chi connectivity index (χ4v) is 2.19. The molecule has 2 aromatic carbocycles. The molecule has 0 radical (unpaired) electrons. The summed E-state index contributed by atoms with van der Waals surface area (Å²) in [5, 5.41) is 18.3. The largest absolute Gasteiger partial charge is 0.390 e. The highest BCUT2D eigenvalue weighted by Gasteiger charge is 2.15. The van der Waals surface area contributed by atoms with Crippen LogP contribution in [-0.2, 0) is 6.61 Å². The van der Waals surface area contributed by atoms with Crippen LogP contribution in [0.3, 0.4) is 0 Å². The van der Waals surface area contributed by atoms with E-state index in [-0.39, 0.29) is 6.61 Å². The van der Waals surface area contributed by atoms with Gasteiger partial charge in [-0.05, 0) is 24.3 Å². The minimum atomic E-state index is -0.155. The summed E-state index contributed by atoms with van der Waals surface area (Å²) in [5.74, 6) is 0. The Labute approximate surface area is 121 Å². The summed E-state index contributed by atoms with van der Waals surface area (Å²) >= 11 is 5.90. The predicted octanol–water partition coefficient (Wildman–Crippen LogP) is 3.08. The van der Waals surface area contributed by atoms with Crippen molar-refractivity contribution in [2.45, 2.75) is 6.61 Å². The number of hydrogen-bond donors (Lipinski definition) is 1. The Morgan fingerprint density at radius 3 is 2.35 bits per heavy atom. The van der Waals surface area contributed by atoms with E-state index in [9.17, 15) is 5.11 Å². The lowest BCUT2D eigenvalue weighted by Gasteiger charge is -2.07. The number of aliphatic hydroxyl groups is 1. The molecule has 100 valence electrons. The first-order valence-corrected chi connectivity index (χ1v) is 6.54. The van der Waals surface area contributed by atoms with Gasteiger partial charge in [0, 0.05) is 10.6 Å². The van der Waals surface area contributed by atoms with Crippen molar-refractivity contribution >= 4 is 11.6 Å². The van der Waals surface area contributed by atoms with Crippen LogP contribution < -0.4 is 0 Å². The molecule has 20 heavy (non-hydrogen) atoms. The standard InChI is InChI=1S/C15H12ClN3O/c16-12-6-8-13(9-7-12)19-15(14(10-20)17-18-19)11-4-2-1-3-5-11/h1-9,20H,10H2. The van der Waals surface area contributed by atoms with Gasteiger partial charge in [-0.25, -0.2) is 4.68 Å². The van der Waals surface area contributed by atoms with Crippen LogP contribution in [0.5, 0.6) is 0 Å². The van der Waals surface area contributed by atoms with Crippen LogP contribution in [0, 0.1) is 0 Å². The van der Waals surface area contributed by atoms with Gasteiger partial charge in [0.25, 0.3) is 0 Å². The molecule has 4 nitrogen and oxygen atoms in total. The monoisotopic (exact) mass is 285 g/mol. The van der Waals surface area contributed by atoms with E-state index in [1.54, 1.807) is 16.8 Å². The van der Waals surface area contributed by atoms with E-state index < -0.39 is 0 Å². The van der Waals surface area contributed by atoms with Crippen molar-refractivity contribution in [1.82, 2.24) is 15.0 Å². The van der Waals surface area contributed by atoms with Gasteiger partial charge in [-0.1, -0.05) is 47.1 Å². The highest BCUT2D eigenvalue weighted by atomic mass is 35.5. The Balaban J connectivity index is 2.17. The maximum atomic E-state index is 9.45. The summed E-state index contributed by atoms with van der Waals surface area (Å²) in [6, 6.07) is 17.1. The smallest absolute Gasteiger partial charge is 0.117 e. The Morgan fingerprint density at radius 1 is 1.00 bits per heavy atom. The van der Waals surface area contributed by atoms with Gasteiger partial charge in [0.2, 0.25) is 0 Å². The molecule has 3 rings (SSSR count). The van der Waals surface area contributed by atoms with E-state index in [4.69, 9.17) is 11.6 Å². The number of benzene rings is 2. The lowest BCUT2D eigenvalue weighted by atomic mass is 10.1. The summed E-state index contributed by atoms with van der Waals surface area (Å²) in [5.41, 5.74) is 3.14. The fourth-order valence-electron chi connectivity index (χ4n) is 2.07. The van der Waals surface area contributed by atoms with Crippen molar-refractivity contribution in [2.24, 2.45) is 0 Å². The first-order chi connectivity index (χ1) is 9.79. The zero-order chi connectivity index (χ0) is 13.9. The van der Waals surface area contributed by atoms with Crippen molar-refractivity contribution < 1.29 is 5.11 Å². The van der Waals surface area contributed by atoms with E-state index in [0.717, 1.165) is 16.9 Å². The molecule has 0 amide bonds. The molecular formula is C15H12ClN3O. The van der Waals surface area contributed by atoms with E-state index in [0.29, 0.717) is 10.7 Å². The molecule has 3 aromatic rings. The van der Waals surface area contributed by atoms with Crippen LogP contribution in [0.25, 0.3) is 16.9 Å². The van der Waals surface area contributed by atoms with Gasteiger partial charge in [-0.15, -0.1) is 5.10 Å². The summed E-state index contributed by atoms with van der Waals surface area (Å²) in [6.45, 7) is -0.155. The molecule has 0 saturated carbocycles. The summed E-state index contributed by atoms with van der Waals surface area (Å²) in [4.78, 5) is 0. The summed E-state index contributed by atoms with van der Waals surface area (Å²) < 4.78 is 1.71. The summed E-state index contributed by atoms with van der Waals surface area (Å²) in [7, 11) is 0. The maximum Gasteiger partial charge on any atom is 0.117 e. The molecule has 0 saturated heterocycles. The Hall–Kier alpha value is -2.17. The van der Waals surface area contributed by atoms with Crippen LogP contribution in [0.4, 0.5) is 0 Å². The normalized spacial score (nSPS) is 10.7.